The predicted octanol–water partition coefficient (Wildman–Crippen LogP) is 2.97. The van der Waals surface area contributed by atoms with Gasteiger partial charge < -0.3 is 5.11 Å². The summed E-state index contributed by atoms with van der Waals surface area (Å²) in [6.07, 6.45) is 0.837. The lowest BCUT2D eigenvalue weighted by Gasteiger charge is -1.96. The maximum Gasteiger partial charge on any atom is 0.152 e. The lowest BCUT2D eigenvalue weighted by atomic mass is 10.2. The molecule has 0 spiro atoms. The first-order valence-electron chi connectivity index (χ1n) is 4.03. The Hall–Kier alpha value is -0.710. The van der Waals surface area contributed by atoms with Crippen LogP contribution in [0.2, 0.25) is 0 Å². The van der Waals surface area contributed by atoms with Gasteiger partial charge in [-0.2, -0.15) is 0 Å². The topological polar surface area (TPSA) is 37.3 Å². The Morgan fingerprint density at radius 1 is 1.50 bits per heavy atom. The lowest BCUT2D eigenvalue weighted by molar-refractivity contribution is 0.112. The second-order valence-electron chi connectivity index (χ2n) is 2.87. The molecule has 0 radical (unpaired) electrons. The normalized spacial score (nSPS) is 10.7. The van der Waals surface area contributed by atoms with Crippen molar-refractivity contribution in [2.24, 2.45) is 0 Å². The first-order valence-corrected chi connectivity index (χ1v) is 5.64. The second-order valence-corrected chi connectivity index (χ2v) is 4.86. The molecule has 4 heteroatoms. The maximum absolute atomic E-state index is 10.9. The predicted molar refractivity (Wildman–Crippen MR) is 60.8 cm³/mol. The molecule has 0 unspecified atom stereocenters. The van der Waals surface area contributed by atoms with Gasteiger partial charge in [-0.05, 0) is 17.5 Å². The van der Waals surface area contributed by atoms with Crippen LogP contribution in [0.1, 0.15) is 15.2 Å². The van der Waals surface area contributed by atoms with Crippen molar-refractivity contribution in [2.45, 2.75) is 6.61 Å². The standard InChI is InChI=1S/C10H7BrO2S/c11-9-2-1-6-3-7(4-12)14-10(6)8(9)5-13/h1-3,5,12H,4H2. The molecule has 2 aromatic rings. The van der Waals surface area contributed by atoms with E-state index >= 15 is 0 Å². The van der Waals surface area contributed by atoms with Gasteiger partial charge in [0.1, 0.15) is 0 Å². The van der Waals surface area contributed by atoms with Gasteiger partial charge in [-0.15, -0.1) is 11.3 Å². The molecule has 0 saturated carbocycles. The molecular weight excluding hydrogens is 264 g/mol. The van der Waals surface area contributed by atoms with E-state index in [1.165, 1.54) is 11.3 Å². The molecule has 0 saturated heterocycles. The fourth-order valence-corrected chi connectivity index (χ4v) is 2.92. The molecule has 1 heterocycles. The van der Waals surface area contributed by atoms with Crippen LogP contribution in [0.15, 0.2) is 22.7 Å². The van der Waals surface area contributed by atoms with Gasteiger partial charge in [-0.3, -0.25) is 4.79 Å². The molecule has 1 aromatic heterocycles. The van der Waals surface area contributed by atoms with E-state index in [9.17, 15) is 4.79 Å². The van der Waals surface area contributed by atoms with Crippen LogP contribution in [-0.4, -0.2) is 11.4 Å². The Balaban J connectivity index is 2.79. The SMILES string of the molecule is O=Cc1c(Br)ccc2cc(CO)sc12. The van der Waals surface area contributed by atoms with Gasteiger partial charge in [0.05, 0.1) is 6.61 Å². The molecule has 0 aliphatic rings. The molecule has 2 nitrogen and oxygen atoms in total. The molecule has 2 rings (SSSR count). The fraction of sp³-hybridized carbons (Fsp3) is 0.100. The van der Waals surface area contributed by atoms with Gasteiger partial charge >= 0.3 is 0 Å². The number of aldehydes is 1. The summed E-state index contributed by atoms with van der Waals surface area (Å²) in [5.74, 6) is 0. The highest BCUT2D eigenvalue weighted by molar-refractivity contribution is 9.10. The number of aliphatic hydroxyl groups excluding tert-OH is 1. The summed E-state index contributed by atoms with van der Waals surface area (Å²) in [6, 6.07) is 5.68. The van der Waals surface area contributed by atoms with Crippen molar-refractivity contribution in [3.05, 3.63) is 33.1 Å². The first kappa shape index (κ1) is 9.83. The number of benzene rings is 1. The Bertz CT molecular complexity index is 490. The van der Waals surface area contributed by atoms with Gasteiger partial charge in [0.2, 0.25) is 0 Å². The largest absolute Gasteiger partial charge is 0.391 e. The summed E-state index contributed by atoms with van der Waals surface area (Å²) in [5.41, 5.74) is 0.659. The van der Waals surface area contributed by atoms with Gasteiger partial charge in [0, 0.05) is 19.6 Å². The highest BCUT2D eigenvalue weighted by Gasteiger charge is 2.08. The second kappa shape index (κ2) is 3.81. The molecule has 0 atom stereocenters. The van der Waals surface area contributed by atoms with E-state index in [0.717, 1.165) is 25.7 Å². The smallest absolute Gasteiger partial charge is 0.152 e. The molecule has 0 aliphatic heterocycles. The van der Waals surface area contributed by atoms with Crippen LogP contribution in [0.25, 0.3) is 10.1 Å². The number of carbonyl (C=O) groups excluding carboxylic acids is 1. The zero-order valence-electron chi connectivity index (χ0n) is 7.16. The van der Waals surface area contributed by atoms with Crippen LogP contribution in [0.3, 0.4) is 0 Å². The number of aliphatic hydroxyl groups is 1. The van der Waals surface area contributed by atoms with E-state index in [1.807, 2.05) is 18.2 Å². The van der Waals surface area contributed by atoms with Gasteiger partial charge in [0.15, 0.2) is 6.29 Å². The average Bonchev–Trinajstić information content (AvgIpc) is 2.60. The lowest BCUT2D eigenvalue weighted by Crippen LogP contribution is -1.80. The summed E-state index contributed by atoms with van der Waals surface area (Å²) >= 11 is 4.77. The molecule has 0 bridgehead atoms. The number of fused-ring (bicyclic) bond motifs is 1. The number of thiophene rings is 1. The Morgan fingerprint density at radius 2 is 2.29 bits per heavy atom. The van der Waals surface area contributed by atoms with E-state index in [4.69, 9.17) is 5.11 Å². The van der Waals surface area contributed by atoms with Gasteiger partial charge in [-0.1, -0.05) is 22.0 Å². The van der Waals surface area contributed by atoms with E-state index in [0.29, 0.717) is 5.56 Å². The monoisotopic (exact) mass is 270 g/mol. The van der Waals surface area contributed by atoms with Gasteiger partial charge in [-0.25, -0.2) is 0 Å². The number of hydrogen-bond donors (Lipinski definition) is 1. The molecule has 1 N–H and O–H groups in total. The first-order chi connectivity index (χ1) is 6.76. The van der Waals surface area contributed by atoms with Crippen molar-refractivity contribution in [2.75, 3.05) is 0 Å². The van der Waals surface area contributed by atoms with Crippen molar-refractivity contribution >= 4 is 43.6 Å². The van der Waals surface area contributed by atoms with E-state index in [1.54, 1.807) is 0 Å². The summed E-state index contributed by atoms with van der Waals surface area (Å²) in [5, 5.41) is 9.99. The third kappa shape index (κ3) is 1.49. The summed E-state index contributed by atoms with van der Waals surface area (Å²) in [4.78, 5) is 11.7. The maximum atomic E-state index is 10.9. The van der Waals surface area contributed by atoms with E-state index in [-0.39, 0.29) is 6.61 Å². The molecule has 0 aliphatic carbocycles. The van der Waals surface area contributed by atoms with Crippen LogP contribution < -0.4 is 0 Å². The number of rotatable bonds is 2. The summed E-state index contributed by atoms with van der Waals surface area (Å²) in [6.45, 7) is 0.0231. The minimum Gasteiger partial charge on any atom is -0.391 e. The Kier molecular flexibility index (Phi) is 2.67. The number of hydrogen-bond acceptors (Lipinski definition) is 3. The molecule has 0 fully saturated rings. The molecule has 0 amide bonds. The fourth-order valence-electron chi connectivity index (χ4n) is 1.34. The third-order valence-electron chi connectivity index (χ3n) is 2.00. The highest BCUT2D eigenvalue weighted by Crippen LogP contribution is 2.32. The molecule has 1 aromatic carbocycles. The van der Waals surface area contributed by atoms with Crippen molar-refractivity contribution in [3.8, 4) is 0 Å². The number of carbonyl (C=O) groups is 1. The third-order valence-corrected chi connectivity index (χ3v) is 3.86. The Labute approximate surface area is 93.3 Å². The van der Waals surface area contributed by atoms with E-state index < -0.39 is 0 Å². The van der Waals surface area contributed by atoms with Crippen LogP contribution in [0.5, 0.6) is 0 Å². The van der Waals surface area contributed by atoms with Crippen LogP contribution in [0.4, 0.5) is 0 Å². The molecule has 72 valence electrons. The summed E-state index contributed by atoms with van der Waals surface area (Å²) < 4.78 is 1.73. The van der Waals surface area contributed by atoms with Crippen molar-refractivity contribution in [1.82, 2.24) is 0 Å². The molecular formula is C10H7BrO2S. The summed E-state index contributed by atoms with van der Waals surface area (Å²) in [7, 11) is 0. The Morgan fingerprint density at radius 3 is 2.93 bits per heavy atom. The zero-order valence-corrected chi connectivity index (χ0v) is 9.56. The van der Waals surface area contributed by atoms with Crippen LogP contribution in [-0.2, 0) is 6.61 Å². The van der Waals surface area contributed by atoms with Crippen molar-refractivity contribution in [3.63, 3.8) is 0 Å². The minimum absolute atomic E-state index is 0.0231. The van der Waals surface area contributed by atoms with Crippen molar-refractivity contribution in [1.29, 1.82) is 0 Å². The quantitative estimate of drug-likeness (QED) is 0.852. The van der Waals surface area contributed by atoms with Crippen LogP contribution >= 0.6 is 27.3 Å². The van der Waals surface area contributed by atoms with Crippen molar-refractivity contribution < 1.29 is 9.90 Å². The average molecular weight is 271 g/mol. The zero-order chi connectivity index (χ0) is 10.1. The van der Waals surface area contributed by atoms with Gasteiger partial charge in [0.25, 0.3) is 0 Å². The van der Waals surface area contributed by atoms with Crippen LogP contribution in [0, 0.1) is 0 Å². The minimum atomic E-state index is 0.0231. The van der Waals surface area contributed by atoms with E-state index in [2.05, 4.69) is 15.9 Å². The number of halogens is 1. The molecule has 14 heavy (non-hydrogen) atoms. The highest BCUT2D eigenvalue weighted by atomic mass is 79.9.